The van der Waals surface area contributed by atoms with Crippen molar-refractivity contribution in [3.8, 4) is 11.5 Å². The van der Waals surface area contributed by atoms with E-state index >= 15 is 0 Å². The number of ether oxygens (including phenoxy) is 2. The van der Waals surface area contributed by atoms with Crippen molar-refractivity contribution >= 4 is 67.2 Å². The number of nitrogens with zero attached hydrogens (tertiary/aromatic N) is 1. The molecule has 5 nitrogen and oxygen atoms in total. The highest BCUT2D eigenvalue weighted by atomic mass is 79.9. The maximum Gasteiger partial charge on any atom is 0.275 e. The van der Waals surface area contributed by atoms with Crippen LogP contribution in [0.4, 0.5) is 0 Å². The van der Waals surface area contributed by atoms with Crippen molar-refractivity contribution in [3.05, 3.63) is 90.3 Å². The topological polar surface area (TPSA) is 59.9 Å². The molecule has 0 aliphatic carbocycles. The fraction of sp³-hybridized carbons (Fsp3) is 0.0909. The summed E-state index contributed by atoms with van der Waals surface area (Å²) in [6.07, 6.45) is 1.50. The van der Waals surface area contributed by atoms with Crippen LogP contribution in [0.15, 0.2) is 68.6 Å². The lowest BCUT2D eigenvalue weighted by atomic mass is 10.2. The number of methoxy groups -OCH3 is 1. The van der Waals surface area contributed by atoms with Crippen LogP contribution in [0.1, 0.15) is 21.5 Å². The van der Waals surface area contributed by atoms with Gasteiger partial charge in [0, 0.05) is 25.6 Å². The van der Waals surface area contributed by atoms with Gasteiger partial charge in [0.1, 0.15) is 18.1 Å². The van der Waals surface area contributed by atoms with E-state index in [-0.39, 0.29) is 6.61 Å². The van der Waals surface area contributed by atoms with Gasteiger partial charge in [-0.3, -0.25) is 4.79 Å². The van der Waals surface area contributed by atoms with Gasteiger partial charge in [0.15, 0.2) is 0 Å². The summed E-state index contributed by atoms with van der Waals surface area (Å²) in [5, 5.41) is 5.09. The lowest BCUT2D eigenvalue weighted by Gasteiger charge is -2.11. The smallest absolute Gasteiger partial charge is 0.275 e. The summed E-state index contributed by atoms with van der Waals surface area (Å²) in [6, 6.07) is 15.7. The first kappa shape index (κ1) is 23.6. The Morgan fingerprint density at radius 2 is 1.90 bits per heavy atom. The molecular formula is C22H16Br2Cl2N2O3. The van der Waals surface area contributed by atoms with E-state index in [0.29, 0.717) is 32.7 Å². The molecule has 0 spiro atoms. The zero-order chi connectivity index (χ0) is 22.4. The van der Waals surface area contributed by atoms with Gasteiger partial charge in [-0.15, -0.1) is 0 Å². The van der Waals surface area contributed by atoms with Gasteiger partial charge >= 0.3 is 0 Å². The molecule has 3 aromatic carbocycles. The molecule has 0 saturated carbocycles. The van der Waals surface area contributed by atoms with Gasteiger partial charge < -0.3 is 9.47 Å². The van der Waals surface area contributed by atoms with Gasteiger partial charge in [-0.05, 0) is 52.3 Å². The molecule has 31 heavy (non-hydrogen) atoms. The largest absolute Gasteiger partial charge is 0.495 e. The van der Waals surface area contributed by atoms with E-state index in [1.54, 1.807) is 49.6 Å². The van der Waals surface area contributed by atoms with Crippen molar-refractivity contribution in [2.24, 2.45) is 5.10 Å². The number of hydrogen-bond acceptors (Lipinski definition) is 4. The SMILES string of the molecule is COc1c(Br)cc(Br)cc1/C=N/NC(=O)c1ccccc1OCc1ccc(Cl)cc1Cl. The third-order valence-electron chi connectivity index (χ3n) is 4.14. The zero-order valence-electron chi connectivity index (χ0n) is 16.2. The van der Waals surface area contributed by atoms with Crippen LogP contribution in [0.3, 0.4) is 0 Å². The maximum atomic E-state index is 12.7. The van der Waals surface area contributed by atoms with Crippen molar-refractivity contribution in [2.45, 2.75) is 6.61 Å². The summed E-state index contributed by atoms with van der Waals surface area (Å²) >= 11 is 19.0. The van der Waals surface area contributed by atoms with E-state index in [4.69, 9.17) is 32.7 Å². The Kier molecular flexibility index (Phi) is 8.37. The number of carbonyl (C=O) groups excluding carboxylic acids is 1. The highest BCUT2D eigenvalue weighted by Gasteiger charge is 2.13. The van der Waals surface area contributed by atoms with Crippen LogP contribution in [0.5, 0.6) is 11.5 Å². The van der Waals surface area contributed by atoms with Gasteiger partial charge in [0.2, 0.25) is 0 Å². The van der Waals surface area contributed by atoms with Crippen LogP contribution in [-0.4, -0.2) is 19.2 Å². The van der Waals surface area contributed by atoms with E-state index < -0.39 is 5.91 Å². The standard InChI is InChI=1S/C22H16Br2Cl2N2O3/c1-30-21-14(8-15(23)9-18(21)24)11-27-28-22(29)17-4-2-3-5-20(17)31-12-13-6-7-16(25)10-19(13)26/h2-11H,12H2,1H3,(H,28,29)/b27-11+. The molecule has 0 saturated heterocycles. The lowest BCUT2D eigenvalue weighted by molar-refractivity contribution is 0.0950. The predicted octanol–water partition coefficient (Wildman–Crippen LogP) is 6.87. The Hall–Kier alpha value is -2.06. The maximum absolute atomic E-state index is 12.7. The summed E-state index contributed by atoms with van der Waals surface area (Å²) in [5.41, 5.74) is 4.30. The van der Waals surface area contributed by atoms with Crippen LogP contribution in [0, 0.1) is 0 Å². The van der Waals surface area contributed by atoms with Crippen LogP contribution in [0.25, 0.3) is 0 Å². The number of para-hydroxylation sites is 1. The zero-order valence-corrected chi connectivity index (χ0v) is 20.8. The average Bonchev–Trinajstić information content (AvgIpc) is 2.73. The quantitative estimate of drug-likeness (QED) is 0.243. The second kappa shape index (κ2) is 11.0. The first-order valence-corrected chi connectivity index (χ1v) is 11.3. The summed E-state index contributed by atoms with van der Waals surface area (Å²) in [7, 11) is 1.56. The van der Waals surface area contributed by atoms with Crippen LogP contribution >= 0.6 is 55.1 Å². The summed E-state index contributed by atoms with van der Waals surface area (Å²) < 4.78 is 12.8. The van der Waals surface area contributed by atoms with Crippen LogP contribution in [0.2, 0.25) is 10.0 Å². The van der Waals surface area contributed by atoms with Crippen molar-refractivity contribution in [3.63, 3.8) is 0 Å². The molecule has 0 aliphatic heterocycles. The number of hydrazone groups is 1. The summed E-state index contributed by atoms with van der Waals surface area (Å²) in [5.74, 6) is 0.593. The molecule has 0 heterocycles. The normalized spacial score (nSPS) is 10.9. The molecule has 3 aromatic rings. The summed E-state index contributed by atoms with van der Waals surface area (Å²) in [6.45, 7) is 0.187. The summed E-state index contributed by atoms with van der Waals surface area (Å²) in [4.78, 5) is 12.7. The number of amides is 1. The third-order valence-corrected chi connectivity index (χ3v) is 5.77. The van der Waals surface area contributed by atoms with Crippen molar-refractivity contribution in [2.75, 3.05) is 7.11 Å². The molecule has 0 bridgehead atoms. The van der Waals surface area contributed by atoms with E-state index in [0.717, 1.165) is 14.5 Å². The van der Waals surface area contributed by atoms with Crippen molar-refractivity contribution < 1.29 is 14.3 Å². The minimum atomic E-state index is -0.415. The fourth-order valence-corrected chi connectivity index (χ4v) is 4.57. The highest BCUT2D eigenvalue weighted by Crippen LogP contribution is 2.31. The van der Waals surface area contributed by atoms with Crippen LogP contribution in [-0.2, 0) is 6.61 Å². The molecule has 0 atom stereocenters. The highest BCUT2D eigenvalue weighted by molar-refractivity contribution is 9.11. The molecule has 1 N–H and O–H groups in total. The molecule has 160 valence electrons. The second-order valence-corrected chi connectivity index (χ2v) is 8.84. The van der Waals surface area contributed by atoms with Gasteiger partial charge in [0.25, 0.3) is 5.91 Å². The fourth-order valence-electron chi connectivity index (χ4n) is 2.69. The van der Waals surface area contributed by atoms with E-state index in [1.165, 1.54) is 6.21 Å². The number of halogens is 4. The minimum absolute atomic E-state index is 0.187. The van der Waals surface area contributed by atoms with Crippen molar-refractivity contribution in [1.29, 1.82) is 0 Å². The van der Waals surface area contributed by atoms with Gasteiger partial charge in [-0.25, -0.2) is 5.43 Å². The number of rotatable bonds is 7. The average molecular weight is 587 g/mol. The van der Waals surface area contributed by atoms with Gasteiger partial charge in [-0.1, -0.05) is 57.3 Å². The molecule has 0 aromatic heterocycles. The Balaban J connectivity index is 1.72. The molecule has 0 fully saturated rings. The Morgan fingerprint density at radius 1 is 1.13 bits per heavy atom. The predicted molar refractivity (Wildman–Crippen MR) is 131 cm³/mol. The number of hydrogen-bond donors (Lipinski definition) is 1. The molecule has 0 aliphatic rings. The molecule has 0 radical (unpaired) electrons. The first-order chi connectivity index (χ1) is 14.9. The number of nitrogens with one attached hydrogen (secondary N) is 1. The van der Waals surface area contributed by atoms with Crippen molar-refractivity contribution in [1.82, 2.24) is 5.43 Å². The van der Waals surface area contributed by atoms with Crippen LogP contribution < -0.4 is 14.9 Å². The van der Waals surface area contributed by atoms with E-state index in [2.05, 4.69) is 42.4 Å². The second-order valence-electron chi connectivity index (χ2n) is 6.23. The molecule has 0 unspecified atom stereocenters. The third kappa shape index (κ3) is 6.23. The van der Waals surface area contributed by atoms with Gasteiger partial charge in [-0.2, -0.15) is 5.10 Å². The molecular weight excluding hydrogens is 571 g/mol. The minimum Gasteiger partial charge on any atom is -0.495 e. The Bertz CT molecular complexity index is 1140. The molecule has 9 heteroatoms. The first-order valence-electron chi connectivity index (χ1n) is 8.91. The van der Waals surface area contributed by atoms with E-state index in [9.17, 15) is 4.79 Å². The Morgan fingerprint density at radius 3 is 2.65 bits per heavy atom. The van der Waals surface area contributed by atoms with E-state index in [1.807, 2.05) is 12.1 Å². The Labute approximate surface area is 206 Å². The molecule has 1 amide bonds. The lowest BCUT2D eigenvalue weighted by Crippen LogP contribution is -2.18. The molecule has 3 rings (SSSR count). The van der Waals surface area contributed by atoms with Gasteiger partial charge in [0.05, 0.1) is 23.4 Å². The number of carbonyl (C=O) groups is 1. The monoisotopic (exact) mass is 584 g/mol. The number of benzene rings is 3.